The van der Waals surface area contributed by atoms with E-state index in [-0.39, 0.29) is 11.3 Å². The van der Waals surface area contributed by atoms with Crippen molar-refractivity contribution >= 4 is 12.1 Å². The van der Waals surface area contributed by atoms with Crippen LogP contribution in [0.25, 0.3) is 0 Å². The second-order valence-corrected chi connectivity index (χ2v) is 7.05. The van der Waals surface area contributed by atoms with Crippen molar-refractivity contribution in [1.29, 1.82) is 0 Å². The normalized spacial score (nSPS) is 12.7. The Kier molecular flexibility index (Phi) is 6.39. The zero-order valence-electron chi connectivity index (χ0n) is 15.9. The second-order valence-electron chi connectivity index (χ2n) is 7.05. The van der Waals surface area contributed by atoms with Gasteiger partial charge >= 0.3 is 0 Å². The van der Waals surface area contributed by atoms with Crippen LogP contribution in [0.1, 0.15) is 38.8 Å². The highest BCUT2D eigenvalue weighted by atomic mass is 16.5. The van der Waals surface area contributed by atoms with Gasteiger partial charge in [-0.15, -0.1) is 0 Å². The lowest BCUT2D eigenvalue weighted by molar-refractivity contribution is -0.127. The number of hydrogen-bond acceptors (Lipinski definition) is 4. The molecule has 0 saturated carbocycles. The maximum Gasteiger partial charge on any atom is 0.280 e. The molecule has 5 heteroatoms. The molecule has 0 aromatic heterocycles. The van der Waals surface area contributed by atoms with E-state index in [0.29, 0.717) is 11.5 Å². The van der Waals surface area contributed by atoms with Crippen molar-refractivity contribution in [3.05, 3.63) is 59.7 Å². The molecule has 1 atom stereocenters. The zero-order chi connectivity index (χ0) is 19.2. The van der Waals surface area contributed by atoms with Crippen LogP contribution in [0.5, 0.6) is 11.5 Å². The highest BCUT2D eigenvalue weighted by Gasteiger charge is 2.14. The summed E-state index contributed by atoms with van der Waals surface area (Å²) in [5, 5.41) is 4.00. The summed E-state index contributed by atoms with van der Waals surface area (Å²) in [6, 6.07) is 15.2. The molecule has 2 rings (SSSR count). The van der Waals surface area contributed by atoms with Crippen molar-refractivity contribution in [1.82, 2.24) is 5.43 Å². The number of nitrogens with zero attached hydrogens (tertiary/aromatic N) is 1. The Hall–Kier alpha value is -2.82. The maximum atomic E-state index is 12.1. The summed E-state index contributed by atoms with van der Waals surface area (Å²) < 4.78 is 10.7. The summed E-state index contributed by atoms with van der Waals surface area (Å²) in [6.07, 6.45) is 0.935. The van der Waals surface area contributed by atoms with E-state index >= 15 is 0 Å². The molecule has 5 nitrogen and oxygen atoms in total. The quantitative estimate of drug-likeness (QED) is 0.632. The molecule has 0 aliphatic heterocycles. The molecule has 0 saturated heterocycles. The first kappa shape index (κ1) is 19.5. The number of nitrogens with one attached hydrogen (secondary N) is 1. The van der Waals surface area contributed by atoms with E-state index in [2.05, 4.69) is 43.4 Å². The van der Waals surface area contributed by atoms with Crippen LogP contribution >= 0.6 is 0 Å². The van der Waals surface area contributed by atoms with Gasteiger partial charge in [0, 0.05) is 6.07 Å². The number of methoxy groups -OCH3 is 1. The van der Waals surface area contributed by atoms with E-state index in [9.17, 15) is 4.79 Å². The molecule has 2 aromatic rings. The molecule has 26 heavy (non-hydrogen) atoms. The molecule has 138 valence electrons. The van der Waals surface area contributed by atoms with E-state index in [4.69, 9.17) is 9.47 Å². The molecule has 0 aliphatic carbocycles. The molecular weight excluding hydrogens is 328 g/mol. The van der Waals surface area contributed by atoms with Crippen molar-refractivity contribution in [3.63, 3.8) is 0 Å². The average Bonchev–Trinajstić information content (AvgIpc) is 2.61. The summed E-state index contributed by atoms with van der Waals surface area (Å²) in [7, 11) is 1.58. The number of rotatable bonds is 6. The first-order valence-electron chi connectivity index (χ1n) is 8.54. The largest absolute Gasteiger partial charge is 0.497 e. The topological polar surface area (TPSA) is 59.9 Å². The molecule has 0 bridgehead atoms. The molecule has 2 aromatic carbocycles. The van der Waals surface area contributed by atoms with E-state index in [1.165, 1.54) is 5.56 Å². The van der Waals surface area contributed by atoms with Gasteiger partial charge in [-0.3, -0.25) is 4.79 Å². The van der Waals surface area contributed by atoms with Crippen LogP contribution < -0.4 is 14.9 Å². The van der Waals surface area contributed by atoms with Gasteiger partial charge in [-0.1, -0.05) is 51.1 Å². The zero-order valence-corrected chi connectivity index (χ0v) is 15.9. The van der Waals surface area contributed by atoms with Gasteiger partial charge in [-0.25, -0.2) is 5.43 Å². The SMILES string of the molecule is COc1cccc(OC(C)C(=O)N/N=C/c2ccc(C(C)(C)C)cc2)c1. The highest BCUT2D eigenvalue weighted by Crippen LogP contribution is 2.22. The number of carbonyl (C=O) groups excluding carboxylic acids is 1. The summed E-state index contributed by atoms with van der Waals surface area (Å²) >= 11 is 0. The van der Waals surface area contributed by atoms with Gasteiger partial charge in [0.1, 0.15) is 11.5 Å². The maximum absolute atomic E-state index is 12.1. The van der Waals surface area contributed by atoms with Gasteiger partial charge in [0.2, 0.25) is 0 Å². The standard InChI is InChI=1S/C21H26N2O3/c1-15(26-19-8-6-7-18(13-19)25-5)20(24)23-22-14-16-9-11-17(12-10-16)21(2,3)4/h6-15H,1-5H3,(H,23,24)/b22-14+. The van der Waals surface area contributed by atoms with E-state index in [1.54, 1.807) is 38.4 Å². The first-order valence-corrected chi connectivity index (χ1v) is 8.54. The van der Waals surface area contributed by atoms with Gasteiger partial charge < -0.3 is 9.47 Å². The minimum atomic E-state index is -0.678. The summed E-state index contributed by atoms with van der Waals surface area (Å²) in [5.41, 5.74) is 4.77. The van der Waals surface area contributed by atoms with Crippen LogP contribution in [0.3, 0.4) is 0 Å². The van der Waals surface area contributed by atoms with Crippen LogP contribution in [0.15, 0.2) is 53.6 Å². The number of carbonyl (C=O) groups is 1. The van der Waals surface area contributed by atoms with Crippen molar-refractivity contribution in [2.24, 2.45) is 5.10 Å². The molecule has 1 N–H and O–H groups in total. The van der Waals surface area contributed by atoms with Crippen LogP contribution in [0.4, 0.5) is 0 Å². The number of benzene rings is 2. The number of hydrogen-bond donors (Lipinski definition) is 1. The minimum absolute atomic E-state index is 0.108. The van der Waals surface area contributed by atoms with Gasteiger partial charge in [0.05, 0.1) is 13.3 Å². The third kappa shape index (κ3) is 5.62. The Labute approximate surface area is 155 Å². The second kappa shape index (κ2) is 8.52. The smallest absolute Gasteiger partial charge is 0.280 e. The molecular formula is C21H26N2O3. The van der Waals surface area contributed by atoms with Gasteiger partial charge in [0.15, 0.2) is 6.10 Å². The Morgan fingerprint density at radius 3 is 2.38 bits per heavy atom. The fourth-order valence-electron chi connectivity index (χ4n) is 2.26. The molecule has 0 spiro atoms. The van der Waals surface area contributed by atoms with Crippen LogP contribution in [-0.4, -0.2) is 25.3 Å². The van der Waals surface area contributed by atoms with Crippen molar-refractivity contribution in [2.75, 3.05) is 7.11 Å². The molecule has 1 amide bonds. The van der Waals surface area contributed by atoms with Gasteiger partial charge in [-0.05, 0) is 35.6 Å². The average molecular weight is 354 g/mol. The van der Waals surface area contributed by atoms with Crippen LogP contribution in [-0.2, 0) is 10.2 Å². The first-order chi connectivity index (χ1) is 12.3. The molecule has 0 fully saturated rings. The highest BCUT2D eigenvalue weighted by molar-refractivity contribution is 5.84. The lowest BCUT2D eigenvalue weighted by Crippen LogP contribution is -2.33. The lowest BCUT2D eigenvalue weighted by Gasteiger charge is -2.18. The summed E-state index contributed by atoms with van der Waals surface area (Å²) in [5.74, 6) is 0.913. The van der Waals surface area contributed by atoms with Crippen molar-refractivity contribution in [2.45, 2.75) is 39.2 Å². The minimum Gasteiger partial charge on any atom is -0.497 e. The summed E-state index contributed by atoms with van der Waals surface area (Å²) in [4.78, 5) is 12.1. The van der Waals surface area contributed by atoms with E-state index in [0.717, 1.165) is 5.56 Å². The molecule has 0 heterocycles. The Bertz CT molecular complexity index is 762. The third-order valence-electron chi connectivity index (χ3n) is 3.89. The Balaban J connectivity index is 1.89. The predicted octanol–water partition coefficient (Wildman–Crippen LogP) is 3.91. The van der Waals surface area contributed by atoms with Crippen LogP contribution in [0, 0.1) is 0 Å². The molecule has 0 radical (unpaired) electrons. The molecule has 1 unspecified atom stereocenters. The van der Waals surface area contributed by atoms with Crippen molar-refractivity contribution in [3.8, 4) is 11.5 Å². The van der Waals surface area contributed by atoms with Gasteiger partial charge in [-0.2, -0.15) is 5.10 Å². The number of ether oxygens (including phenoxy) is 2. The van der Waals surface area contributed by atoms with E-state index < -0.39 is 6.10 Å². The van der Waals surface area contributed by atoms with E-state index in [1.807, 2.05) is 18.2 Å². The summed E-state index contributed by atoms with van der Waals surface area (Å²) in [6.45, 7) is 8.17. The monoisotopic (exact) mass is 354 g/mol. The lowest BCUT2D eigenvalue weighted by atomic mass is 9.87. The fourth-order valence-corrected chi connectivity index (χ4v) is 2.26. The number of amides is 1. The predicted molar refractivity (Wildman–Crippen MR) is 104 cm³/mol. The third-order valence-corrected chi connectivity index (χ3v) is 3.89. The van der Waals surface area contributed by atoms with Crippen LogP contribution in [0.2, 0.25) is 0 Å². The van der Waals surface area contributed by atoms with Crippen molar-refractivity contribution < 1.29 is 14.3 Å². The number of hydrazone groups is 1. The fraction of sp³-hybridized carbons (Fsp3) is 0.333. The Morgan fingerprint density at radius 2 is 1.77 bits per heavy atom. The Morgan fingerprint density at radius 1 is 1.12 bits per heavy atom. The molecule has 0 aliphatic rings. The van der Waals surface area contributed by atoms with Gasteiger partial charge in [0.25, 0.3) is 5.91 Å².